The first-order chi connectivity index (χ1) is 7.75. The Hall–Kier alpha value is -1.13. The third-order valence-corrected chi connectivity index (χ3v) is 3.48. The molecule has 1 amide bonds. The molecular formula is C12H15NO2S. The van der Waals surface area contributed by atoms with E-state index in [-0.39, 0.29) is 12.0 Å². The number of hydrogen-bond donors (Lipinski definition) is 1. The number of hydrogen-bond acceptors (Lipinski definition) is 3. The van der Waals surface area contributed by atoms with Crippen LogP contribution in [0.4, 0.5) is 0 Å². The lowest BCUT2D eigenvalue weighted by atomic mass is 10.1. The fraction of sp³-hybridized carbons (Fsp3) is 0.417. The molecule has 0 saturated carbocycles. The van der Waals surface area contributed by atoms with Crippen LogP contribution in [0, 0.1) is 0 Å². The van der Waals surface area contributed by atoms with E-state index in [2.05, 4.69) is 0 Å². The fourth-order valence-electron chi connectivity index (χ4n) is 1.80. The average Bonchev–Trinajstić information content (AvgIpc) is 2.78. The highest BCUT2D eigenvalue weighted by molar-refractivity contribution is 7.10. The molecular weight excluding hydrogens is 222 g/mol. The molecule has 1 unspecified atom stereocenters. The predicted molar refractivity (Wildman–Crippen MR) is 65.2 cm³/mol. The number of aliphatic hydroxyl groups is 1. The zero-order valence-corrected chi connectivity index (χ0v) is 9.82. The molecule has 2 heterocycles. The van der Waals surface area contributed by atoms with Gasteiger partial charge in [-0.15, -0.1) is 11.3 Å². The van der Waals surface area contributed by atoms with E-state index in [4.69, 9.17) is 0 Å². The number of aliphatic hydroxyl groups excluding tert-OH is 1. The quantitative estimate of drug-likeness (QED) is 0.796. The molecule has 3 nitrogen and oxygen atoms in total. The van der Waals surface area contributed by atoms with Gasteiger partial charge in [-0.1, -0.05) is 6.07 Å². The van der Waals surface area contributed by atoms with Gasteiger partial charge < -0.3 is 10.0 Å². The third-order valence-electron chi connectivity index (χ3n) is 2.64. The monoisotopic (exact) mass is 237 g/mol. The van der Waals surface area contributed by atoms with Gasteiger partial charge in [-0.05, 0) is 30.4 Å². The van der Waals surface area contributed by atoms with Crippen LogP contribution in [0.3, 0.4) is 0 Å². The lowest BCUT2D eigenvalue weighted by Crippen LogP contribution is -2.41. The molecule has 1 N–H and O–H groups in total. The Morgan fingerprint density at radius 2 is 2.50 bits per heavy atom. The van der Waals surface area contributed by atoms with Crippen LogP contribution < -0.4 is 0 Å². The second-order valence-electron chi connectivity index (χ2n) is 3.93. The lowest BCUT2D eigenvalue weighted by molar-refractivity contribution is -0.128. The zero-order chi connectivity index (χ0) is 11.4. The molecule has 0 aromatic carbocycles. The number of piperidine rings is 1. The Balaban J connectivity index is 1.92. The Morgan fingerprint density at radius 3 is 3.19 bits per heavy atom. The zero-order valence-electron chi connectivity index (χ0n) is 9.00. The van der Waals surface area contributed by atoms with Gasteiger partial charge in [0.2, 0.25) is 5.91 Å². The van der Waals surface area contributed by atoms with Gasteiger partial charge in [0, 0.05) is 24.0 Å². The molecule has 0 bridgehead atoms. The Kier molecular flexibility index (Phi) is 3.74. The lowest BCUT2D eigenvalue weighted by Gasteiger charge is -2.29. The number of carbonyl (C=O) groups is 1. The molecule has 4 heteroatoms. The van der Waals surface area contributed by atoms with Crippen LogP contribution in [-0.2, 0) is 4.79 Å². The van der Waals surface area contributed by atoms with Crippen molar-refractivity contribution in [3.63, 3.8) is 0 Å². The molecule has 1 aromatic heterocycles. The van der Waals surface area contributed by atoms with Crippen molar-refractivity contribution in [1.82, 2.24) is 4.90 Å². The summed E-state index contributed by atoms with van der Waals surface area (Å²) >= 11 is 1.61. The number of carbonyl (C=O) groups excluding carboxylic acids is 1. The molecule has 1 aliphatic heterocycles. The fourth-order valence-corrected chi connectivity index (χ4v) is 2.42. The van der Waals surface area contributed by atoms with Crippen molar-refractivity contribution < 1.29 is 9.90 Å². The van der Waals surface area contributed by atoms with Crippen LogP contribution in [0.1, 0.15) is 17.7 Å². The molecule has 2 rings (SSSR count). The van der Waals surface area contributed by atoms with E-state index in [1.807, 2.05) is 23.6 Å². The van der Waals surface area contributed by atoms with Gasteiger partial charge in [0.1, 0.15) is 0 Å². The summed E-state index contributed by atoms with van der Waals surface area (Å²) in [6, 6.07) is 3.93. The first-order valence-electron chi connectivity index (χ1n) is 5.44. The summed E-state index contributed by atoms with van der Waals surface area (Å²) in [6.45, 7) is 1.22. The molecule has 1 fully saturated rings. The van der Waals surface area contributed by atoms with E-state index in [1.165, 1.54) is 0 Å². The van der Waals surface area contributed by atoms with Gasteiger partial charge >= 0.3 is 0 Å². The Morgan fingerprint density at radius 1 is 1.62 bits per heavy atom. The maximum Gasteiger partial charge on any atom is 0.246 e. The van der Waals surface area contributed by atoms with Crippen molar-refractivity contribution in [2.45, 2.75) is 18.9 Å². The summed E-state index contributed by atoms with van der Waals surface area (Å²) < 4.78 is 0. The van der Waals surface area contributed by atoms with Gasteiger partial charge in [0.05, 0.1) is 6.10 Å². The van der Waals surface area contributed by atoms with E-state index in [0.29, 0.717) is 6.54 Å². The number of amides is 1. The maximum absolute atomic E-state index is 11.8. The van der Waals surface area contributed by atoms with Crippen LogP contribution >= 0.6 is 11.3 Å². The van der Waals surface area contributed by atoms with Gasteiger partial charge in [-0.3, -0.25) is 4.79 Å². The van der Waals surface area contributed by atoms with Crippen molar-refractivity contribution in [3.05, 3.63) is 28.5 Å². The summed E-state index contributed by atoms with van der Waals surface area (Å²) in [7, 11) is 0. The normalized spacial score (nSPS) is 21.6. The highest BCUT2D eigenvalue weighted by atomic mass is 32.1. The summed E-state index contributed by atoms with van der Waals surface area (Å²) in [5, 5.41) is 11.4. The number of likely N-dealkylation sites (tertiary alicyclic amines) is 1. The van der Waals surface area contributed by atoms with Crippen LogP contribution in [0.15, 0.2) is 23.6 Å². The van der Waals surface area contributed by atoms with Crippen molar-refractivity contribution in [2.75, 3.05) is 13.1 Å². The van der Waals surface area contributed by atoms with E-state index >= 15 is 0 Å². The third kappa shape index (κ3) is 2.93. The molecule has 0 radical (unpaired) electrons. The SMILES string of the molecule is O=C(/C=C/c1cccs1)N1CCCC(O)C1. The summed E-state index contributed by atoms with van der Waals surface area (Å²) in [5.74, 6) is -0.00727. The van der Waals surface area contributed by atoms with Crippen molar-refractivity contribution in [2.24, 2.45) is 0 Å². The highest BCUT2D eigenvalue weighted by Crippen LogP contribution is 2.13. The second-order valence-corrected chi connectivity index (χ2v) is 4.91. The largest absolute Gasteiger partial charge is 0.391 e. The first kappa shape index (κ1) is 11.4. The van der Waals surface area contributed by atoms with Crippen molar-refractivity contribution >= 4 is 23.3 Å². The molecule has 1 saturated heterocycles. The maximum atomic E-state index is 11.8. The van der Waals surface area contributed by atoms with Crippen LogP contribution in [-0.4, -0.2) is 35.1 Å². The number of rotatable bonds is 2. The molecule has 16 heavy (non-hydrogen) atoms. The molecule has 1 atom stereocenters. The van der Waals surface area contributed by atoms with Gasteiger partial charge in [0.25, 0.3) is 0 Å². The summed E-state index contributed by atoms with van der Waals surface area (Å²) in [6.07, 6.45) is 4.75. The molecule has 0 aliphatic carbocycles. The second kappa shape index (κ2) is 5.27. The minimum atomic E-state index is -0.354. The van der Waals surface area contributed by atoms with E-state index in [9.17, 15) is 9.90 Å². The first-order valence-corrected chi connectivity index (χ1v) is 6.32. The number of β-amino-alcohol motifs (C(OH)–C–C–N with tert-alkyl or cyclic N) is 1. The summed E-state index contributed by atoms with van der Waals surface area (Å²) in [5.41, 5.74) is 0. The number of thiophene rings is 1. The minimum Gasteiger partial charge on any atom is -0.391 e. The average molecular weight is 237 g/mol. The number of nitrogens with zero attached hydrogens (tertiary/aromatic N) is 1. The van der Waals surface area contributed by atoms with Gasteiger partial charge in [0.15, 0.2) is 0 Å². The molecule has 1 aliphatic rings. The van der Waals surface area contributed by atoms with Crippen LogP contribution in [0.5, 0.6) is 0 Å². The molecule has 86 valence electrons. The predicted octanol–water partition coefficient (Wildman–Crippen LogP) is 1.74. The van der Waals surface area contributed by atoms with Crippen molar-refractivity contribution in [1.29, 1.82) is 0 Å². The highest BCUT2D eigenvalue weighted by Gasteiger charge is 2.20. The van der Waals surface area contributed by atoms with E-state index in [0.717, 1.165) is 24.3 Å². The Labute approximate surface area is 99.0 Å². The Bertz CT molecular complexity index is 372. The smallest absolute Gasteiger partial charge is 0.246 e. The standard InChI is InChI=1S/C12H15NO2S/c14-10-3-1-7-13(9-10)12(15)6-5-11-4-2-8-16-11/h2,4-6,8,10,14H,1,3,7,9H2/b6-5+. The minimum absolute atomic E-state index is 0.00727. The van der Waals surface area contributed by atoms with Crippen molar-refractivity contribution in [3.8, 4) is 0 Å². The van der Waals surface area contributed by atoms with Gasteiger partial charge in [-0.25, -0.2) is 0 Å². The van der Waals surface area contributed by atoms with E-state index in [1.54, 1.807) is 22.3 Å². The summed E-state index contributed by atoms with van der Waals surface area (Å²) in [4.78, 5) is 14.6. The van der Waals surface area contributed by atoms with Gasteiger partial charge in [-0.2, -0.15) is 0 Å². The van der Waals surface area contributed by atoms with E-state index < -0.39 is 0 Å². The molecule has 0 spiro atoms. The van der Waals surface area contributed by atoms with Crippen LogP contribution in [0.25, 0.3) is 6.08 Å². The molecule has 1 aromatic rings. The van der Waals surface area contributed by atoms with Crippen LogP contribution in [0.2, 0.25) is 0 Å². The topological polar surface area (TPSA) is 40.5 Å².